The van der Waals surface area contributed by atoms with Gasteiger partial charge in [0.05, 0.1) is 12.8 Å². The molecule has 0 heterocycles. The van der Waals surface area contributed by atoms with Gasteiger partial charge in [-0.25, -0.2) is 13.6 Å². The van der Waals surface area contributed by atoms with E-state index in [4.69, 9.17) is 19.3 Å². The molecular weight excluding hydrogens is 568 g/mol. The van der Waals surface area contributed by atoms with Gasteiger partial charge in [0.2, 0.25) is 10.0 Å². The largest absolute Gasteiger partial charge is 0.493 e. The predicted molar refractivity (Wildman–Crippen MR) is 171 cm³/mol. The predicted octanol–water partition coefficient (Wildman–Crippen LogP) is 6.10. The summed E-state index contributed by atoms with van der Waals surface area (Å²) in [5.74, 6) is 0.931. The number of rotatable bonds is 16. The highest BCUT2D eigenvalue weighted by Gasteiger charge is 2.24. The summed E-state index contributed by atoms with van der Waals surface area (Å²) in [4.78, 5) is 15.5. The Morgan fingerprint density at radius 3 is 2.28 bits per heavy atom. The van der Waals surface area contributed by atoms with E-state index < -0.39 is 15.9 Å². The Labute approximate surface area is 255 Å². The number of methoxy groups -OCH3 is 1. The van der Waals surface area contributed by atoms with Crippen LogP contribution in [-0.4, -0.2) is 58.1 Å². The molecule has 0 atom stereocenters. The van der Waals surface area contributed by atoms with Crippen molar-refractivity contribution in [1.29, 1.82) is 0 Å². The van der Waals surface area contributed by atoms with Gasteiger partial charge < -0.3 is 24.8 Å². The molecule has 43 heavy (non-hydrogen) atoms. The van der Waals surface area contributed by atoms with Crippen LogP contribution in [0.4, 0.5) is 11.4 Å². The van der Waals surface area contributed by atoms with Crippen LogP contribution in [0.5, 0.6) is 23.0 Å². The number of sulfonamides is 1. The Morgan fingerprint density at radius 2 is 1.67 bits per heavy atom. The molecule has 11 heteroatoms. The quantitative estimate of drug-likeness (QED) is 0.165. The maximum absolute atomic E-state index is 13.5. The van der Waals surface area contributed by atoms with Crippen LogP contribution >= 0.6 is 0 Å². The minimum absolute atomic E-state index is 0.0262. The molecule has 0 saturated heterocycles. The van der Waals surface area contributed by atoms with Crippen LogP contribution in [-0.2, 0) is 10.0 Å². The minimum atomic E-state index is -4.27. The van der Waals surface area contributed by atoms with E-state index in [1.54, 1.807) is 55.6 Å². The first-order valence-corrected chi connectivity index (χ1v) is 16.0. The van der Waals surface area contributed by atoms with Crippen LogP contribution in [0.25, 0.3) is 0 Å². The molecule has 0 unspecified atom stereocenters. The van der Waals surface area contributed by atoms with Gasteiger partial charge in [-0.2, -0.15) is 0 Å². The SMILES string of the molecule is CCCCNc1cc(C(=O)Nc2ccc(OC)c(OCCN(C(C)C)C(C)C)c2)cc(S(N)(=O)=O)c1Oc1ccccc1. The van der Waals surface area contributed by atoms with Gasteiger partial charge in [0, 0.05) is 42.5 Å². The third-order valence-corrected chi connectivity index (χ3v) is 7.70. The maximum atomic E-state index is 13.5. The summed E-state index contributed by atoms with van der Waals surface area (Å²) >= 11 is 0. The van der Waals surface area contributed by atoms with E-state index in [9.17, 15) is 13.2 Å². The fourth-order valence-electron chi connectivity index (χ4n) is 4.63. The average Bonchev–Trinajstić information content (AvgIpc) is 2.95. The number of hydrogen-bond acceptors (Lipinski definition) is 8. The topological polar surface area (TPSA) is 132 Å². The second-order valence-electron chi connectivity index (χ2n) is 10.7. The van der Waals surface area contributed by atoms with Crippen molar-refractivity contribution in [3.63, 3.8) is 0 Å². The van der Waals surface area contributed by atoms with Crippen molar-refractivity contribution in [2.45, 2.75) is 64.4 Å². The normalized spacial score (nSPS) is 11.6. The van der Waals surface area contributed by atoms with Gasteiger partial charge in [-0.1, -0.05) is 31.5 Å². The zero-order chi connectivity index (χ0) is 31.6. The Hall–Kier alpha value is -3.80. The van der Waals surface area contributed by atoms with Crippen molar-refractivity contribution in [2.24, 2.45) is 5.14 Å². The number of carbonyl (C=O) groups is 1. The fourth-order valence-corrected chi connectivity index (χ4v) is 5.33. The standard InChI is InChI=1S/C32H44N4O6S/c1-7-8-16-34-27-19-24(20-30(43(33,38)39)31(27)42-26-12-10-9-11-13-26)32(37)35-25-14-15-28(40-6)29(21-25)41-18-17-36(22(2)3)23(4)5/h9-15,19-23,34H,7-8,16-18H2,1-6H3,(H,35,37)(H2,33,38,39). The second-order valence-corrected chi connectivity index (χ2v) is 12.2. The molecule has 3 aromatic carbocycles. The molecule has 234 valence electrons. The minimum Gasteiger partial charge on any atom is -0.493 e. The maximum Gasteiger partial charge on any atom is 0.255 e. The van der Waals surface area contributed by atoms with E-state index in [1.165, 1.54) is 6.07 Å². The van der Waals surface area contributed by atoms with Gasteiger partial charge in [0.25, 0.3) is 5.91 Å². The van der Waals surface area contributed by atoms with E-state index in [0.29, 0.717) is 53.9 Å². The number of primary sulfonamides is 1. The molecule has 0 aliphatic heterocycles. The molecule has 3 rings (SSSR count). The molecule has 0 fully saturated rings. The Bertz CT molecular complexity index is 1450. The molecule has 3 aromatic rings. The Morgan fingerprint density at radius 1 is 0.977 bits per heavy atom. The summed E-state index contributed by atoms with van der Waals surface area (Å²) in [5, 5.41) is 11.7. The third-order valence-electron chi connectivity index (χ3n) is 6.79. The molecule has 0 saturated carbocycles. The number of nitrogens with zero attached hydrogens (tertiary/aromatic N) is 1. The first kappa shape index (κ1) is 33.7. The zero-order valence-corrected chi connectivity index (χ0v) is 26.7. The molecule has 10 nitrogen and oxygen atoms in total. The summed E-state index contributed by atoms with van der Waals surface area (Å²) in [6, 6.07) is 17.4. The highest BCUT2D eigenvalue weighted by Crippen LogP contribution is 2.38. The van der Waals surface area contributed by atoms with E-state index in [-0.39, 0.29) is 16.2 Å². The highest BCUT2D eigenvalue weighted by atomic mass is 32.2. The lowest BCUT2D eigenvalue weighted by molar-refractivity contribution is 0.102. The number of nitrogens with one attached hydrogen (secondary N) is 2. The van der Waals surface area contributed by atoms with Gasteiger partial charge in [0.1, 0.15) is 17.3 Å². The van der Waals surface area contributed by atoms with Crippen LogP contribution in [0, 0.1) is 0 Å². The van der Waals surface area contributed by atoms with Crippen LogP contribution in [0.15, 0.2) is 65.6 Å². The molecule has 0 aliphatic rings. The average molecular weight is 613 g/mol. The number of unbranched alkanes of at least 4 members (excludes halogenated alkanes) is 1. The zero-order valence-electron chi connectivity index (χ0n) is 25.8. The molecule has 0 aliphatic carbocycles. The number of amides is 1. The number of benzene rings is 3. The first-order chi connectivity index (χ1) is 20.4. The third kappa shape index (κ3) is 9.60. The Kier molecular flexibility index (Phi) is 12.2. The number of carbonyl (C=O) groups excluding carboxylic acids is 1. The van der Waals surface area contributed by atoms with Crippen molar-refractivity contribution in [1.82, 2.24) is 4.90 Å². The lowest BCUT2D eigenvalue weighted by Gasteiger charge is -2.30. The van der Waals surface area contributed by atoms with Crippen molar-refractivity contribution >= 4 is 27.3 Å². The molecule has 0 radical (unpaired) electrons. The monoisotopic (exact) mass is 612 g/mol. The van der Waals surface area contributed by atoms with Gasteiger partial charge in [-0.3, -0.25) is 9.69 Å². The number of nitrogens with two attached hydrogens (primary N) is 1. The van der Waals surface area contributed by atoms with Crippen molar-refractivity contribution in [2.75, 3.05) is 37.4 Å². The summed E-state index contributed by atoms with van der Waals surface area (Å²) < 4.78 is 42.9. The number of para-hydroxylation sites is 1. The van der Waals surface area contributed by atoms with E-state index in [0.717, 1.165) is 19.4 Å². The number of ether oxygens (including phenoxy) is 3. The summed E-state index contributed by atoms with van der Waals surface area (Å²) in [5.41, 5.74) is 0.881. The van der Waals surface area contributed by atoms with Crippen LogP contribution in [0.2, 0.25) is 0 Å². The summed E-state index contributed by atoms with van der Waals surface area (Å²) in [7, 11) is -2.72. The van der Waals surface area contributed by atoms with Crippen LogP contribution in [0.3, 0.4) is 0 Å². The molecule has 4 N–H and O–H groups in total. The van der Waals surface area contributed by atoms with E-state index in [1.807, 2.05) is 13.0 Å². The molecular formula is C32H44N4O6S. The van der Waals surface area contributed by atoms with E-state index >= 15 is 0 Å². The molecule has 0 bridgehead atoms. The summed E-state index contributed by atoms with van der Waals surface area (Å²) in [6.45, 7) is 12.3. The second kappa shape index (κ2) is 15.6. The van der Waals surface area contributed by atoms with Crippen molar-refractivity contribution in [3.05, 3.63) is 66.2 Å². The molecule has 0 spiro atoms. The lowest BCUT2D eigenvalue weighted by Crippen LogP contribution is -2.39. The van der Waals surface area contributed by atoms with Crippen molar-refractivity contribution < 1.29 is 27.4 Å². The van der Waals surface area contributed by atoms with Crippen LogP contribution in [0.1, 0.15) is 57.8 Å². The lowest BCUT2D eigenvalue weighted by atomic mass is 10.1. The Balaban J connectivity index is 1.92. The fraction of sp³-hybridized carbons (Fsp3) is 0.406. The molecule has 0 aromatic heterocycles. The van der Waals surface area contributed by atoms with Crippen LogP contribution < -0.4 is 30.0 Å². The van der Waals surface area contributed by atoms with Gasteiger partial charge in [0.15, 0.2) is 17.2 Å². The van der Waals surface area contributed by atoms with Gasteiger partial charge in [-0.05, 0) is 70.5 Å². The smallest absolute Gasteiger partial charge is 0.255 e. The number of anilines is 2. The highest BCUT2D eigenvalue weighted by molar-refractivity contribution is 7.89. The molecule has 1 amide bonds. The summed E-state index contributed by atoms with van der Waals surface area (Å²) in [6.07, 6.45) is 1.74. The van der Waals surface area contributed by atoms with E-state index in [2.05, 4.69) is 43.2 Å². The van der Waals surface area contributed by atoms with Crippen molar-refractivity contribution in [3.8, 4) is 23.0 Å². The van der Waals surface area contributed by atoms with Gasteiger partial charge >= 0.3 is 0 Å². The van der Waals surface area contributed by atoms with Gasteiger partial charge in [-0.15, -0.1) is 0 Å². The first-order valence-electron chi connectivity index (χ1n) is 14.5. The number of hydrogen-bond donors (Lipinski definition) is 3.